The summed E-state index contributed by atoms with van der Waals surface area (Å²) in [5.74, 6) is -2.30. The number of hydrogen-bond donors (Lipinski definition) is 2. The molecule has 0 saturated carbocycles. The van der Waals surface area contributed by atoms with Gasteiger partial charge in [-0.3, -0.25) is 0 Å². The van der Waals surface area contributed by atoms with Crippen LogP contribution in [-0.4, -0.2) is 92.9 Å². The predicted molar refractivity (Wildman–Crippen MR) is 203 cm³/mol. The number of carbonyl (C=O) groups is 2. The number of carboxylic acids is 2. The molecule has 49 heavy (non-hydrogen) atoms. The molecule has 2 aromatic carbocycles. The van der Waals surface area contributed by atoms with E-state index in [2.05, 4.69) is 55.6 Å². The molecule has 0 aliphatic rings. The second-order valence-corrected chi connectivity index (χ2v) is 15.8. The average Bonchev–Trinajstić information content (AvgIpc) is 3.10. The molecule has 8 nitrogen and oxygen atoms in total. The van der Waals surface area contributed by atoms with Crippen LogP contribution in [0.2, 0.25) is 0 Å². The van der Waals surface area contributed by atoms with Gasteiger partial charge in [0.2, 0.25) is 9.84 Å². The SMILES string of the molecule is CCCC[N+](C)(CCCC)CCCC.CCCC[N+](C)(CCCC)CCCC.O=C(O)c1ccc(S(=O)(=O)c2ccc(C(=O)O)cc2)cc1. The normalized spacial score (nSPS) is 11.6. The van der Waals surface area contributed by atoms with E-state index in [1.165, 1.54) is 174 Å². The lowest BCUT2D eigenvalue weighted by Crippen LogP contribution is -2.46. The van der Waals surface area contributed by atoms with E-state index in [1.807, 2.05) is 0 Å². The lowest BCUT2D eigenvalue weighted by molar-refractivity contribution is -0.910. The molecule has 9 heteroatoms. The van der Waals surface area contributed by atoms with Crippen molar-refractivity contribution in [2.45, 2.75) is 128 Å². The van der Waals surface area contributed by atoms with Crippen molar-refractivity contribution in [1.29, 1.82) is 0 Å². The fourth-order valence-electron chi connectivity index (χ4n) is 5.60. The van der Waals surface area contributed by atoms with Gasteiger partial charge in [0.15, 0.2) is 0 Å². The first kappa shape index (κ1) is 46.2. The molecular formula is C40H70N2O6S+2. The van der Waals surface area contributed by atoms with Crippen molar-refractivity contribution in [1.82, 2.24) is 0 Å². The number of rotatable bonds is 22. The first-order chi connectivity index (χ1) is 23.2. The van der Waals surface area contributed by atoms with Crippen LogP contribution < -0.4 is 0 Å². The minimum atomic E-state index is -3.81. The van der Waals surface area contributed by atoms with Crippen LogP contribution in [0.4, 0.5) is 0 Å². The number of carboxylic acid groups (broad SMARTS) is 2. The monoisotopic (exact) mass is 706 g/mol. The molecule has 0 atom stereocenters. The van der Waals surface area contributed by atoms with Gasteiger partial charge in [0.05, 0.1) is 74.3 Å². The molecule has 0 heterocycles. The summed E-state index contributed by atoms with van der Waals surface area (Å²) in [4.78, 5) is 21.3. The first-order valence-electron chi connectivity index (χ1n) is 18.8. The van der Waals surface area contributed by atoms with E-state index in [0.29, 0.717) is 0 Å². The van der Waals surface area contributed by atoms with Crippen molar-refractivity contribution in [2.24, 2.45) is 0 Å². The highest BCUT2D eigenvalue weighted by Gasteiger charge is 2.21. The smallest absolute Gasteiger partial charge is 0.335 e. The number of quaternary nitrogens is 2. The van der Waals surface area contributed by atoms with Gasteiger partial charge < -0.3 is 19.2 Å². The second kappa shape index (κ2) is 25.2. The maximum atomic E-state index is 12.3. The van der Waals surface area contributed by atoms with Crippen LogP contribution >= 0.6 is 0 Å². The highest BCUT2D eigenvalue weighted by Crippen LogP contribution is 2.22. The van der Waals surface area contributed by atoms with Crippen molar-refractivity contribution >= 4 is 21.8 Å². The van der Waals surface area contributed by atoms with Crippen molar-refractivity contribution in [3.8, 4) is 0 Å². The second-order valence-electron chi connectivity index (χ2n) is 13.9. The van der Waals surface area contributed by atoms with Gasteiger partial charge in [-0.25, -0.2) is 18.0 Å². The number of benzene rings is 2. The summed E-state index contributed by atoms with van der Waals surface area (Å²) in [6.45, 7) is 22.1. The Morgan fingerprint density at radius 3 is 0.837 bits per heavy atom. The maximum absolute atomic E-state index is 12.3. The van der Waals surface area contributed by atoms with Crippen molar-refractivity contribution in [3.05, 3.63) is 59.7 Å². The summed E-state index contributed by atoms with van der Waals surface area (Å²) in [7, 11) is 1.08. The topological polar surface area (TPSA) is 109 Å². The van der Waals surface area contributed by atoms with Crippen LogP contribution in [0.5, 0.6) is 0 Å². The molecule has 0 aliphatic heterocycles. The fourth-order valence-corrected chi connectivity index (χ4v) is 6.86. The van der Waals surface area contributed by atoms with Gasteiger partial charge in [-0.15, -0.1) is 0 Å². The molecular weight excluding hydrogens is 637 g/mol. The van der Waals surface area contributed by atoms with Crippen molar-refractivity contribution in [3.63, 3.8) is 0 Å². The van der Waals surface area contributed by atoms with Crippen LogP contribution in [-0.2, 0) is 9.84 Å². The van der Waals surface area contributed by atoms with Crippen molar-refractivity contribution in [2.75, 3.05) is 53.4 Å². The number of nitrogens with zero attached hydrogens (tertiary/aromatic N) is 2. The number of aromatic carboxylic acids is 2. The van der Waals surface area contributed by atoms with E-state index in [4.69, 9.17) is 10.2 Å². The van der Waals surface area contributed by atoms with E-state index < -0.39 is 21.8 Å². The van der Waals surface area contributed by atoms with E-state index >= 15 is 0 Å². The highest BCUT2D eigenvalue weighted by molar-refractivity contribution is 7.91. The maximum Gasteiger partial charge on any atom is 0.335 e. The zero-order valence-electron chi connectivity index (χ0n) is 32.2. The molecule has 0 saturated heterocycles. The number of hydrogen-bond acceptors (Lipinski definition) is 4. The van der Waals surface area contributed by atoms with Gasteiger partial charge in [-0.05, 0) is 87.1 Å². The summed E-state index contributed by atoms with van der Waals surface area (Å²) < 4.78 is 27.2. The van der Waals surface area contributed by atoms with E-state index in [0.717, 1.165) is 0 Å². The minimum Gasteiger partial charge on any atom is -0.478 e. The largest absolute Gasteiger partial charge is 0.478 e. The summed E-state index contributed by atoms with van der Waals surface area (Å²) in [5.41, 5.74) is -0.0367. The van der Waals surface area contributed by atoms with Crippen LogP contribution in [0.15, 0.2) is 58.3 Å². The Bertz CT molecular complexity index is 1140. The third-order valence-electron chi connectivity index (χ3n) is 9.13. The Kier molecular flexibility index (Phi) is 23.8. The molecule has 0 amide bonds. The van der Waals surface area contributed by atoms with Gasteiger partial charge in [0.25, 0.3) is 0 Å². The molecule has 2 N–H and O–H groups in total. The van der Waals surface area contributed by atoms with Crippen LogP contribution in [0.25, 0.3) is 0 Å². The molecule has 0 radical (unpaired) electrons. The number of unbranched alkanes of at least 4 members (excludes halogenated alkanes) is 6. The van der Waals surface area contributed by atoms with Crippen LogP contribution in [0, 0.1) is 0 Å². The molecule has 0 aromatic heterocycles. The third-order valence-corrected chi connectivity index (χ3v) is 10.9. The minimum absolute atomic E-state index is 0.0184. The average molecular weight is 707 g/mol. The zero-order chi connectivity index (χ0) is 37.3. The van der Waals surface area contributed by atoms with Gasteiger partial charge in [-0.1, -0.05) is 80.1 Å². The predicted octanol–water partition coefficient (Wildman–Crippen LogP) is 9.58. The lowest BCUT2D eigenvalue weighted by atomic mass is 10.2. The first-order valence-corrected chi connectivity index (χ1v) is 20.3. The van der Waals surface area contributed by atoms with E-state index in [-0.39, 0.29) is 20.9 Å². The highest BCUT2D eigenvalue weighted by atomic mass is 32.2. The summed E-state index contributed by atoms with van der Waals surface area (Å²) in [5, 5.41) is 17.5. The molecule has 280 valence electrons. The molecule has 2 rings (SSSR count). The van der Waals surface area contributed by atoms with Crippen molar-refractivity contribution < 1.29 is 37.2 Å². The van der Waals surface area contributed by atoms with Crippen LogP contribution in [0.1, 0.15) is 139 Å². The van der Waals surface area contributed by atoms with E-state index in [9.17, 15) is 18.0 Å². The Morgan fingerprint density at radius 1 is 0.469 bits per heavy atom. The summed E-state index contributed by atoms with van der Waals surface area (Å²) >= 11 is 0. The molecule has 0 spiro atoms. The van der Waals surface area contributed by atoms with Gasteiger partial charge >= 0.3 is 11.9 Å². The quantitative estimate of drug-likeness (QED) is 0.118. The standard InChI is InChI=1S/C14H10O6S.2C13H30N/c15-13(16)9-1-5-11(6-2-9)21(19,20)12-7-3-10(4-8-12)14(17)18;2*1-5-8-11-14(4,12-9-6-2)13-10-7-3/h1-8H,(H,15,16)(H,17,18);2*5-13H2,1-4H3/q;2*+1. The molecule has 2 aromatic rings. The fraction of sp³-hybridized carbons (Fsp3) is 0.650. The summed E-state index contributed by atoms with van der Waals surface area (Å²) in [6, 6.07) is 9.57. The summed E-state index contributed by atoms with van der Waals surface area (Å²) in [6.07, 6.45) is 16.4. The van der Waals surface area contributed by atoms with Crippen LogP contribution in [0.3, 0.4) is 0 Å². The Hall–Kier alpha value is -2.75. The van der Waals surface area contributed by atoms with Gasteiger partial charge in [0, 0.05) is 0 Å². The molecule has 0 unspecified atom stereocenters. The Balaban J connectivity index is 0.000000734. The van der Waals surface area contributed by atoms with E-state index in [1.54, 1.807) is 0 Å². The Morgan fingerprint density at radius 2 is 0.673 bits per heavy atom. The lowest BCUT2D eigenvalue weighted by Gasteiger charge is -2.34. The van der Waals surface area contributed by atoms with Gasteiger partial charge in [-0.2, -0.15) is 0 Å². The third kappa shape index (κ3) is 18.7. The van der Waals surface area contributed by atoms with Gasteiger partial charge in [0.1, 0.15) is 0 Å². The zero-order valence-corrected chi connectivity index (χ0v) is 33.0. The number of sulfone groups is 1. The molecule has 0 bridgehead atoms. The molecule has 0 fully saturated rings. The molecule has 0 aliphatic carbocycles. The Labute approximate surface area is 299 Å².